The molecule has 35 heavy (non-hydrogen) atoms. The Morgan fingerprint density at radius 1 is 0.971 bits per heavy atom. The van der Waals surface area contributed by atoms with E-state index in [9.17, 15) is 19.5 Å². The molecule has 6 aliphatic heterocycles. The molecular weight excluding hydrogens is 460 g/mol. The molecule has 0 bridgehead atoms. The Morgan fingerprint density at radius 2 is 1.69 bits per heavy atom. The highest BCUT2D eigenvalue weighted by Gasteiger charge is 3.04. The van der Waals surface area contributed by atoms with Gasteiger partial charge >= 0.3 is 17.9 Å². The molecule has 10 heteroatoms. The maximum absolute atomic E-state index is 13.8. The average Bonchev–Trinajstić information content (AvgIpc) is 3.39. The summed E-state index contributed by atoms with van der Waals surface area (Å²) in [6.07, 6.45) is -3.12. The average molecular weight is 488 g/mol. The van der Waals surface area contributed by atoms with Gasteiger partial charge < -0.3 is 33.5 Å². The molecule has 11 atom stereocenters. The van der Waals surface area contributed by atoms with E-state index in [1.807, 2.05) is 27.7 Å². The molecule has 0 aromatic rings. The van der Waals surface area contributed by atoms with Gasteiger partial charge in [-0.3, -0.25) is 14.4 Å². The van der Waals surface area contributed by atoms with E-state index >= 15 is 0 Å². The van der Waals surface area contributed by atoms with Crippen LogP contribution in [0.25, 0.3) is 0 Å². The van der Waals surface area contributed by atoms with Gasteiger partial charge in [-0.15, -0.1) is 0 Å². The van der Waals surface area contributed by atoms with Crippen molar-refractivity contribution in [3.8, 4) is 0 Å². The SMILES string of the molecule is CC1=C2CC(=O)OC(C)(C)[C@]23O[C@@H]3[C@@H]2O[C@@]3(O)[C@@H](C)O[C@H]4OC(=O)[C@]5(C)C[C@H]1[C@]2(C)[C@@]31C(=O)O[C@@]415. The Kier molecular flexibility index (Phi) is 3.05. The number of esters is 3. The number of aliphatic hydroxyl groups is 1. The first-order chi connectivity index (χ1) is 16.2. The molecule has 2 aliphatic carbocycles. The lowest BCUT2D eigenvalue weighted by molar-refractivity contribution is -0.455. The van der Waals surface area contributed by atoms with E-state index in [0.29, 0.717) is 0 Å². The minimum atomic E-state index is -2.08. The number of ether oxygens (including phenoxy) is 6. The molecule has 188 valence electrons. The third kappa shape index (κ3) is 1.51. The maximum atomic E-state index is 13.8. The molecule has 10 nitrogen and oxygen atoms in total. The Bertz CT molecular complexity index is 1240. The van der Waals surface area contributed by atoms with Crippen LogP contribution in [0.1, 0.15) is 54.4 Å². The highest BCUT2D eigenvalue weighted by molar-refractivity contribution is 5.96. The number of rotatable bonds is 0. The van der Waals surface area contributed by atoms with Crippen molar-refractivity contribution in [2.45, 2.75) is 102 Å². The van der Waals surface area contributed by atoms with Gasteiger partial charge in [-0.1, -0.05) is 12.5 Å². The van der Waals surface area contributed by atoms with Crippen molar-refractivity contribution in [3.63, 3.8) is 0 Å². The van der Waals surface area contributed by atoms with Crippen LogP contribution in [-0.4, -0.2) is 70.2 Å². The van der Waals surface area contributed by atoms with Crippen molar-refractivity contribution in [1.29, 1.82) is 0 Å². The molecule has 8 rings (SSSR count). The Hall–Kier alpha value is -2.01. The van der Waals surface area contributed by atoms with Gasteiger partial charge in [0.15, 0.2) is 11.0 Å². The predicted molar refractivity (Wildman–Crippen MR) is 111 cm³/mol. The van der Waals surface area contributed by atoms with Gasteiger partial charge in [0.05, 0.1) is 12.5 Å². The molecule has 0 unspecified atom stereocenters. The van der Waals surface area contributed by atoms with Crippen molar-refractivity contribution < 1.29 is 47.9 Å². The topological polar surface area (TPSA) is 130 Å². The van der Waals surface area contributed by atoms with Gasteiger partial charge in [0, 0.05) is 5.41 Å². The Morgan fingerprint density at radius 3 is 2.37 bits per heavy atom. The third-order valence-corrected chi connectivity index (χ3v) is 11.4. The van der Waals surface area contributed by atoms with Crippen LogP contribution in [0, 0.1) is 22.2 Å². The second-order valence-corrected chi connectivity index (χ2v) is 12.6. The first kappa shape index (κ1) is 21.1. The smallest absolute Gasteiger partial charge is 0.323 e. The van der Waals surface area contributed by atoms with Gasteiger partial charge in [0.1, 0.15) is 23.2 Å². The van der Waals surface area contributed by atoms with E-state index < -0.39 is 81.3 Å². The van der Waals surface area contributed by atoms with Gasteiger partial charge in [-0.2, -0.15) is 0 Å². The molecule has 6 saturated heterocycles. The summed E-state index contributed by atoms with van der Waals surface area (Å²) in [5.74, 6) is -3.97. The van der Waals surface area contributed by atoms with Gasteiger partial charge in [-0.25, -0.2) is 0 Å². The van der Waals surface area contributed by atoms with Crippen LogP contribution in [0.5, 0.6) is 0 Å². The van der Waals surface area contributed by atoms with Crippen molar-refractivity contribution >= 4 is 17.9 Å². The number of cyclic esters (lactones) is 1. The van der Waals surface area contributed by atoms with Crippen LogP contribution >= 0.6 is 0 Å². The summed E-state index contributed by atoms with van der Waals surface area (Å²) in [5, 5.41) is 12.3. The molecule has 3 spiro atoms. The first-order valence-electron chi connectivity index (χ1n) is 12.3. The fraction of sp³-hybridized carbons (Fsp3) is 0.800. The fourth-order valence-electron chi connectivity index (χ4n) is 9.86. The lowest BCUT2D eigenvalue weighted by atomic mass is 9.34. The minimum absolute atomic E-state index is 0.0568. The van der Waals surface area contributed by atoms with E-state index in [1.165, 1.54) is 0 Å². The summed E-state index contributed by atoms with van der Waals surface area (Å²) in [5.41, 5.74) is -5.75. The first-order valence-corrected chi connectivity index (χ1v) is 12.3. The van der Waals surface area contributed by atoms with Crippen LogP contribution in [0.3, 0.4) is 0 Å². The molecular formula is C25H28O10. The van der Waals surface area contributed by atoms with Crippen LogP contribution in [-0.2, 0) is 42.8 Å². The zero-order chi connectivity index (χ0) is 24.9. The normalized spacial score (nSPS) is 61.8. The highest BCUT2D eigenvalue weighted by Crippen LogP contribution is 2.86. The summed E-state index contributed by atoms with van der Waals surface area (Å²) < 4.78 is 36.5. The maximum Gasteiger partial charge on any atom is 0.323 e. The van der Waals surface area contributed by atoms with Crippen molar-refractivity contribution in [2.24, 2.45) is 22.2 Å². The number of allylic oxidation sites excluding steroid dienone is 1. The number of fused-ring (bicyclic) bond motifs is 1. The molecule has 1 N–H and O–H groups in total. The molecule has 8 aliphatic rings. The number of carbonyl (C=O) groups is 3. The zero-order valence-electron chi connectivity index (χ0n) is 20.4. The van der Waals surface area contributed by atoms with Crippen LogP contribution in [0.2, 0.25) is 0 Å². The molecule has 0 radical (unpaired) electrons. The summed E-state index contributed by atoms with van der Waals surface area (Å²) >= 11 is 0. The highest BCUT2D eigenvalue weighted by atomic mass is 16.8. The van der Waals surface area contributed by atoms with Crippen molar-refractivity contribution in [3.05, 3.63) is 11.1 Å². The lowest BCUT2D eigenvalue weighted by Crippen LogP contribution is -2.91. The largest absolute Gasteiger partial charge is 0.456 e. The summed E-state index contributed by atoms with van der Waals surface area (Å²) in [7, 11) is 0. The standard InChI is InChI=1S/C25H28O10/c1-9-11-7-13(26)32-19(3,4)22(11)15(33-22)14-21(6)12(9)8-20(5)16(27)31-18-24(20)23(21,17(28)35-24)25(29,34-14)10(2)30-18/h10,12,14-15,18,29H,7-8H2,1-6H3/t10-,12-,14+,15-,18+,20+,21+,22+,23-,24-,25+/m1/s1. The summed E-state index contributed by atoms with van der Waals surface area (Å²) in [4.78, 5) is 40.0. The predicted octanol–water partition coefficient (Wildman–Crippen LogP) is 0.883. The van der Waals surface area contributed by atoms with Crippen molar-refractivity contribution in [1.82, 2.24) is 0 Å². The van der Waals surface area contributed by atoms with Crippen LogP contribution in [0.4, 0.5) is 0 Å². The Balaban J connectivity index is 1.49. The number of hydrogen-bond acceptors (Lipinski definition) is 10. The molecule has 6 heterocycles. The molecule has 7 fully saturated rings. The van der Waals surface area contributed by atoms with E-state index in [-0.39, 0.29) is 18.8 Å². The van der Waals surface area contributed by atoms with Crippen LogP contribution in [0.15, 0.2) is 11.1 Å². The van der Waals surface area contributed by atoms with Gasteiger partial charge in [0.25, 0.3) is 0 Å². The second kappa shape index (κ2) is 5.05. The van der Waals surface area contributed by atoms with E-state index in [1.54, 1.807) is 13.8 Å². The summed E-state index contributed by atoms with van der Waals surface area (Å²) in [6, 6.07) is 0. The van der Waals surface area contributed by atoms with E-state index in [2.05, 4.69) is 0 Å². The van der Waals surface area contributed by atoms with Gasteiger partial charge in [0.2, 0.25) is 17.7 Å². The fourth-order valence-corrected chi connectivity index (χ4v) is 9.86. The number of hydrogen-bond donors (Lipinski definition) is 1. The van der Waals surface area contributed by atoms with E-state index in [4.69, 9.17) is 28.4 Å². The monoisotopic (exact) mass is 488 g/mol. The minimum Gasteiger partial charge on any atom is -0.456 e. The molecule has 1 saturated carbocycles. The van der Waals surface area contributed by atoms with Crippen molar-refractivity contribution in [2.75, 3.05) is 0 Å². The molecule has 0 amide bonds. The third-order valence-electron chi connectivity index (χ3n) is 11.4. The molecule has 0 aromatic carbocycles. The number of epoxide rings is 1. The quantitative estimate of drug-likeness (QED) is 0.227. The van der Waals surface area contributed by atoms with Gasteiger partial charge in [-0.05, 0) is 52.5 Å². The number of carbonyl (C=O) groups excluding carboxylic acids is 3. The van der Waals surface area contributed by atoms with E-state index in [0.717, 1.165) is 11.1 Å². The summed E-state index contributed by atoms with van der Waals surface area (Å²) in [6.45, 7) is 10.9. The molecule has 0 aromatic heterocycles. The van der Waals surface area contributed by atoms with Crippen LogP contribution < -0.4 is 0 Å². The second-order valence-electron chi connectivity index (χ2n) is 12.6. The zero-order valence-corrected chi connectivity index (χ0v) is 20.4. The lowest BCUT2D eigenvalue weighted by Gasteiger charge is -2.72. The Labute approximate surface area is 201 Å².